The Bertz CT molecular complexity index is 793. The van der Waals surface area contributed by atoms with Crippen LogP contribution < -0.4 is 15.8 Å². The van der Waals surface area contributed by atoms with Crippen LogP contribution in [0.15, 0.2) is 36.5 Å². The van der Waals surface area contributed by atoms with Gasteiger partial charge in [0.05, 0.1) is 11.7 Å². The summed E-state index contributed by atoms with van der Waals surface area (Å²) < 4.78 is 11.2. The van der Waals surface area contributed by atoms with Gasteiger partial charge in [-0.25, -0.2) is 14.8 Å². The first kappa shape index (κ1) is 21.5. The van der Waals surface area contributed by atoms with E-state index in [9.17, 15) is 4.79 Å². The third-order valence-electron chi connectivity index (χ3n) is 3.53. The second-order valence-corrected chi connectivity index (χ2v) is 8.60. The molecule has 1 aromatic carbocycles. The fraction of sp³-hybridized carbons (Fsp3) is 0.476. The Morgan fingerprint density at radius 3 is 2.25 bits per heavy atom. The highest BCUT2D eigenvalue weighted by Gasteiger charge is 2.22. The molecule has 7 nitrogen and oxygen atoms in total. The number of nitrogens with one attached hydrogen (secondary N) is 1. The number of hydrogen-bond donors (Lipinski definition) is 2. The number of carbonyl (C=O) groups excluding carboxylic acids is 1. The first-order chi connectivity index (χ1) is 12.9. The molecule has 0 aliphatic heterocycles. The third kappa shape index (κ3) is 7.42. The Hall–Kier alpha value is -2.83. The van der Waals surface area contributed by atoms with Crippen molar-refractivity contribution < 1.29 is 14.3 Å². The van der Waals surface area contributed by atoms with Gasteiger partial charge < -0.3 is 20.5 Å². The van der Waals surface area contributed by atoms with Crippen molar-refractivity contribution in [1.82, 2.24) is 15.3 Å². The minimum absolute atomic E-state index is 0.155. The van der Waals surface area contributed by atoms with Crippen molar-refractivity contribution >= 4 is 12.0 Å². The van der Waals surface area contributed by atoms with E-state index in [1.165, 1.54) is 0 Å². The maximum Gasteiger partial charge on any atom is 0.408 e. The maximum atomic E-state index is 12.3. The number of rotatable bonds is 5. The van der Waals surface area contributed by atoms with Crippen LogP contribution in [0, 0.1) is 0 Å². The van der Waals surface area contributed by atoms with Crippen LogP contribution in [0.5, 0.6) is 5.75 Å². The van der Waals surface area contributed by atoms with Gasteiger partial charge in [0.15, 0.2) is 0 Å². The summed E-state index contributed by atoms with van der Waals surface area (Å²) in [6, 6.07) is 9.09. The van der Waals surface area contributed by atoms with E-state index in [1.807, 2.05) is 65.8 Å². The van der Waals surface area contributed by atoms with E-state index >= 15 is 0 Å². The van der Waals surface area contributed by atoms with Crippen LogP contribution in [0.2, 0.25) is 0 Å². The van der Waals surface area contributed by atoms with Crippen molar-refractivity contribution in [2.45, 2.75) is 65.2 Å². The molecule has 0 spiro atoms. The molecule has 28 heavy (non-hydrogen) atoms. The molecule has 3 N–H and O–H groups in total. The summed E-state index contributed by atoms with van der Waals surface area (Å²) in [7, 11) is 0. The summed E-state index contributed by atoms with van der Waals surface area (Å²) >= 11 is 0. The SMILES string of the molecule is CC(C)(C)OC(=O)NC(Cc1ccc(OC(C)(C)C)cc1)c1ccnc(N)n1. The van der Waals surface area contributed by atoms with Gasteiger partial charge in [0.2, 0.25) is 5.95 Å². The summed E-state index contributed by atoms with van der Waals surface area (Å²) in [6.07, 6.45) is 1.58. The van der Waals surface area contributed by atoms with Crippen molar-refractivity contribution in [1.29, 1.82) is 0 Å². The Morgan fingerprint density at radius 2 is 1.71 bits per heavy atom. The average molecular weight is 386 g/mol. The number of ether oxygens (including phenoxy) is 2. The predicted molar refractivity (Wildman–Crippen MR) is 109 cm³/mol. The predicted octanol–water partition coefficient (Wildman–Crippen LogP) is 4.04. The Balaban J connectivity index is 2.18. The van der Waals surface area contributed by atoms with E-state index in [4.69, 9.17) is 15.2 Å². The van der Waals surface area contributed by atoms with Crippen LogP contribution in [0.25, 0.3) is 0 Å². The van der Waals surface area contributed by atoms with E-state index < -0.39 is 17.7 Å². The topological polar surface area (TPSA) is 99.4 Å². The van der Waals surface area contributed by atoms with E-state index in [-0.39, 0.29) is 11.5 Å². The summed E-state index contributed by atoms with van der Waals surface area (Å²) in [5.74, 6) is 0.946. The fourth-order valence-corrected chi connectivity index (χ4v) is 2.54. The highest BCUT2D eigenvalue weighted by Crippen LogP contribution is 2.22. The van der Waals surface area contributed by atoms with Gasteiger partial charge in [0, 0.05) is 6.20 Å². The van der Waals surface area contributed by atoms with Crippen molar-refractivity contribution in [3.8, 4) is 5.75 Å². The molecule has 0 saturated carbocycles. The Labute approximate surface area is 166 Å². The monoisotopic (exact) mass is 386 g/mol. The molecule has 7 heteroatoms. The van der Waals surface area contributed by atoms with Gasteiger partial charge in [-0.2, -0.15) is 0 Å². The van der Waals surface area contributed by atoms with Crippen LogP contribution in [0.4, 0.5) is 10.7 Å². The van der Waals surface area contributed by atoms with Crippen LogP contribution in [0.1, 0.15) is 58.8 Å². The fourth-order valence-electron chi connectivity index (χ4n) is 2.54. The molecule has 1 atom stereocenters. The molecule has 1 unspecified atom stereocenters. The molecule has 1 aromatic heterocycles. The highest BCUT2D eigenvalue weighted by molar-refractivity contribution is 5.68. The maximum absolute atomic E-state index is 12.3. The second kappa shape index (κ2) is 8.46. The smallest absolute Gasteiger partial charge is 0.408 e. The number of nitrogens with zero attached hydrogens (tertiary/aromatic N) is 2. The van der Waals surface area contributed by atoms with E-state index in [0.29, 0.717) is 12.1 Å². The van der Waals surface area contributed by atoms with Crippen molar-refractivity contribution in [3.63, 3.8) is 0 Å². The van der Waals surface area contributed by atoms with Gasteiger partial charge in [-0.05, 0) is 71.7 Å². The number of hydrogen-bond acceptors (Lipinski definition) is 6. The molecule has 2 aromatic rings. The minimum Gasteiger partial charge on any atom is -0.488 e. The lowest BCUT2D eigenvalue weighted by atomic mass is 10.0. The average Bonchev–Trinajstić information content (AvgIpc) is 2.53. The zero-order valence-corrected chi connectivity index (χ0v) is 17.4. The molecule has 0 bridgehead atoms. The van der Waals surface area contributed by atoms with Crippen molar-refractivity contribution in [3.05, 3.63) is 47.8 Å². The number of anilines is 1. The van der Waals surface area contributed by atoms with Gasteiger partial charge in [-0.3, -0.25) is 0 Å². The zero-order chi connectivity index (χ0) is 20.9. The van der Waals surface area contributed by atoms with Crippen LogP contribution >= 0.6 is 0 Å². The minimum atomic E-state index is -0.592. The normalized spacial score (nSPS) is 12.9. The molecule has 0 aliphatic rings. The largest absolute Gasteiger partial charge is 0.488 e. The number of benzene rings is 1. The lowest BCUT2D eigenvalue weighted by Gasteiger charge is -2.24. The number of amides is 1. The van der Waals surface area contributed by atoms with Crippen LogP contribution in [-0.2, 0) is 11.2 Å². The van der Waals surface area contributed by atoms with Gasteiger partial charge in [-0.1, -0.05) is 12.1 Å². The molecule has 152 valence electrons. The first-order valence-corrected chi connectivity index (χ1v) is 9.27. The van der Waals surface area contributed by atoms with Crippen molar-refractivity contribution in [2.24, 2.45) is 0 Å². The molecule has 2 rings (SSSR count). The second-order valence-electron chi connectivity index (χ2n) is 8.60. The molecular formula is C21H30N4O3. The molecule has 0 saturated heterocycles. The molecule has 0 fully saturated rings. The van der Waals surface area contributed by atoms with Gasteiger partial charge in [0.1, 0.15) is 17.0 Å². The summed E-state index contributed by atoms with van der Waals surface area (Å²) in [4.78, 5) is 20.5. The number of carbonyl (C=O) groups is 1. The van der Waals surface area contributed by atoms with Gasteiger partial charge in [0.25, 0.3) is 0 Å². The number of alkyl carbamates (subject to hydrolysis) is 1. The molecule has 1 amide bonds. The third-order valence-corrected chi connectivity index (χ3v) is 3.53. The van der Waals surface area contributed by atoms with Crippen LogP contribution in [0.3, 0.4) is 0 Å². The zero-order valence-electron chi connectivity index (χ0n) is 17.4. The Morgan fingerprint density at radius 1 is 1.07 bits per heavy atom. The standard InChI is InChI=1S/C21H30N4O3/c1-20(2,3)27-15-9-7-14(8-10-15)13-17(16-11-12-23-18(22)24-16)25-19(26)28-21(4,5)6/h7-12,17H,13H2,1-6H3,(H,25,26)(H2,22,23,24). The number of nitrogen functional groups attached to an aromatic ring is 1. The Kier molecular flexibility index (Phi) is 6.48. The lowest BCUT2D eigenvalue weighted by Crippen LogP contribution is -2.36. The first-order valence-electron chi connectivity index (χ1n) is 9.27. The number of nitrogens with two attached hydrogens (primary N) is 1. The van der Waals surface area contributed by atoms with E-state index in [1.54, 1.807) is 12.3 Å². The quantitative estimate of drug-likeness (QED) is 0.804. The molecular weight excluding hydrogens is 356 g/mol. The van der Waals surface area contributed by atoms with Gasteiger partial charge >= 0.3 is 6.09 Å². The van der Waals surface area contributed by atoms with Crippen molar-refractivity contribution in [2.75, 3.05) is 5.73 Å². The van der Waals surface area contributed by atoms with E-state index in [0.717, 1.165) is 11.3 Å². The molecule has 0 aliphatic carbocycles. The van der Waals surface area contributed by atoms with Gasteiger partial charge in [-0.15, -0.1) is 0 Å². The highest BCUT2D eigenvalue weighted by atomic mass is 16.6. The summed E-state index contributed by atoms with van der Waals surface area (Å²) in [5.41, 5.74) is 6.50. The molecule has 0 radical (unpaired) electrons. The van der Waals surface area contributed by atoms with Crippen LogP contribution in [-0.4, -0.2) is 27.3 Å². The summed E-state index contributed by atoms with van der Waals surface area (Å²) in [5, 5.41) is 2.88. The summed E-state index contributed by atoms with van der Waals surface area (Å²) in [6.45, 7) is 11.5. The van der Waals surface area contributed by atoms with E-state index in [2.05, 4.69) is 15.3 Å². The number of aromatic nitrogens is 2. The molecule has 1 heterocycles. The lowest BCUT2D eigenvalue weighted by molar-refractivity contribution is 0.0502.